The summed E-state index contributed by atoms with van der Waals surface area (Å²) in [7, 11) is 0. The highest BCUT2D eigenvalue weighted by Crippen LogP contribution is 2.21. The summed E-state index contributed by atoms with van der Waals surface area (Å²) in [4.78, 5) is 7.79. The topological polar surface area (TPSA) is 63.8 Å². The largest absolute Gasteiger partial charge is 0.368 e. The van der Waals surface area contributed by atoms with Crippen molar-refractivity contribution in [3.63, 3.8) is 0 Å². The van der Waals surface area contributed by atoms with Crippen LogP contribution in [0.5, 0.6) is 0 Å². The first-order valence-electron chi connectivity index (χ1n) is 5.78. The minimum Gasteiger partial charge on any atom is -0.368 e. The average Bonchev–Trinajstić information content (AvgIpc) is 2.31. The van der Waals surface area contributed by atoms with Gasteiger partial charge in [-0.15, -0.1) is 0 Å². The summed E-state index contributed by atoms with van der Waals surface area (Å²) < 4.78 is 13.5. The maximum Gasteiger partial charge on any atom is 0.223 e. The number of hydrogen-bond donors (Lipinski definition) is 2. The predicted molar refractivity (Wildman–Crippen MR) is 74.6 cm³/mol. The number of aromatic nitrogens is 2. The van der Waals surface area contributed by atoms with Crippen molar-refractivity contribution in [2.45, 2.75) is 19.9 Å². The Hall–Kier alpha value is -1.88. The summed E-state index contributed by atoms with van der Waals surface area (Å²) in [6.45, 7) is 3.62. The molecule has 0 fully saturated rings. The van der Waals surface area contributed by atoms with Gasteiger partial charge < -0.3 is 11.1 Å². The van der Waals surface area contributed by atoms with E-state index in [0.29, 0.717) is 11.4 Å². The van der Waals surface area contributed by atoms with Crippen LogP contribution in [0.4, 0.5) is 16.2 Å². The van der Waals surface area contributed by atoms with E-state index in [1.54, 1.807) is 19.1 Å². The summed E-state index contributed by atoms with van der Waals surface area (Å²) >= 11 is 5.79. The van der Waals surface area contributed by atoms with E-state index in [2.05, 4.69) is 15.3 Å². The van der Waals surface area contributed by atoms with E-state index in [1.165, 1.54) is 6.07 Å². The second kappa shape index (κ2) is 5.40. The Morgan fingerprint density at radius 1 is 1.32 bits per heavy atom. The number of nitrogens with zero attached hydrogens (tertiary/aromatic N) is 2. The smallest absolute Gasteiger partial charge is 0.223 e. The summed E-state index contributed by atoms with van der Waals surface area (Å²) in [5.74, 6) is 0.370. The van der Waals surface area contributed by atoms with Crippen LogP contribution in [0, 0.1) is 12.7 Å². The molecule has 0 amide bonds. The molecule has 4 nitrogen and oxygen atoms in total. The number of nitrogen functional groups attached to an aromatic ring is 1. The van der Waals surface area contributed by atoms with E-state index in [0.717, 1.165) is 5.56 Å². The third-order valence-electron chi connectivity index (χ3n) is 2.77. The van der Waals surface area contributed by atoms with E-state index < -0.39 is 0 Å². The lowest BCUT2D eigenvalue weighted by Crippen LogP contribution is -2.10. The van der Waals surface area contributed by atoms with E-state index >= 15 is 0 Å². The van der Waals surface area contributed by atoms with Crippen LogP contribution >= 0.6 is 11.6 Å². The summed E-state index contributed by atoms with van der Waals surface area (Å²) in [6.07, 6.45) is 0. The molecule has 1 heterocycles. The minimum atomic E-state index is -0.230. The molecule has 6 heteroatoms. The number of aryl methyl sites for hydroxylation is 1. The van der Waals surface area contributed by atoms with Crippen molar-refractivity contribution < 1.29 is 4.39 Å². The summed E-state index contributed by atoms with van der Waals surface area (Å²) in [5, 5.41) is 3.37. The Kier molecular flexibility index (Phi) is 3.85. The van der Waals surface area contributed by atoms with Crippen LogP contribution in [0.3, 0.4) is 0 Å². The van der Waals surface area contributed by atoms with Crippen LogP contribution in [-0.4, -0.2) is 9.97 Å². The molecule has 0 aliphatic carbocycles. The van der Waals surface area contributed by atoms with Crippen molar-refractivity contribution in [3.05, 3.63) is 46.4 Å². The van der Waals surface area contributed by atoms with Gasteiger partial charge in [-0.2, -0.15) is 4.98 Å². The molecular formula is C13H14ClFN4. The highest BCUT2D eigenvalue weighted by molar-refractivity contribution is 6.29. The zero-order valence-corrected chi connectivity index (χ0v) is 11.4. The highest BCUT2D eigenvalue weighted by Gasteiger charge is 2.09. The fourth-order valence-electron chi connectivity index (χ4n) is 1.69. The monoisotopic (exact) mass is 280 g/mol. The fourth-order valence-corrected chi connectivity index (χ4v) is 1.88. The third kappa shape index (κ3) is 3.32. The van der Waals surface area contributed by atoms with E-state index in [-0.39, 0.29) is 23.0 Å². The van der Waals surface area contributed by atoms with Crippen LogP contribution in [0.15, 0.2) is 24.3 Å². The second-order valence-corrected chi connectivity index (χ2v) is 4.70. The van der Waals surface area contributed by atoms with Gasteiger partial charge >= 0.3 is 0 Å². The molecule has 1 aromatic carbocycles. The molecule has 19 heavy (non-hydrogen) atoms. The average molecular weight is 281 g/mol. The van der Waals surface area contributed by atoms with Gasteiger partial charge in [0.25, 0.3) is 0 Å². The van der Waals surface area contributed by atoms with E-state index in [4.69, 9.17) is 17.3 Å². The number of hydrogen-bond acceptors (Lipinski definition) is 4. The first-order valence-corrected chi connectivity index (χ1v) is 6.16. The molecule has 0 saturated heterocycles. The van der Waals surface area contributed by atoms with Crippen LogP contribution in [0.1, 0.15) is 24.1 Å². The molecule has 1 aromatic heterocycles. The highest BCUT2D eigenvalue weighted by atomic mass is 35.5. The van der Waals surface area contributed by atoms with Crippen molar-refractivity contribution in [1.82, 2.24) is 9.97 Å². The lowest BCUT2D eigenvalue weighted by Gasteiger charge is -2.15. The quantitative estimate of drug-likeness (QED) is 0.847. The van der Waals surface area contributed by atoms with Gasteiger partial charge in [0.2, 0.25) is 5.95 Å². The maximum atomic E-state index is 13.5. The van der Waals surface area contributed by atoms with Gasteiger partial charge in [-0.3, -0.25) is 0 Å². The number of nitrogens with one attached hydrogen (secondary N) is 1. The first-order chi connectivity index (χ1) is 8.95. The second-order valence-electron chi connectivity index (χ2n) is 4.31. The van der Waals surface area contributed by atoms with Crippen molar-refractivity contribution in [1.29, 1.82) is 0 Å². The predicted octanol–water partition coefficient (Wildman–Crippen LogP) is 3.33. The normalized spacial score (nSPS) is 12.2. The SMILES string of the molecule is Cc1ccc(C(C)Nc2cc(Cl)nc(N)n2)cc1F. The van der Waals surface area contributed by atoms with Gasteiger partial charge in [0, 0.05) is 6.07 Å². The zero-order valence-electron chi connectivity index (χ0n) is 10.6. The van der Waals surface area contributed by atoms with Crippen molar-refractivity contribution in [2.24, 2.45) is 0 Å². The molecule has 0 radical (unpaired) electrons. The van der Waals surface area contributed by atoms with Gasteiger partial charge in [0.05, 0.1) is 6.04 Å². The Morgan fingerprint density at radius 3 is 2.68 bits per heavy atom. The Bertz CT molecular complexity index is 583. The molecule has 0 aliphatic rings. The van der Waals surface area contributed by atoms with Gasteiger partial charge in [-0.05, 0) is 31.0 Å². The van der Waals surface area contributed by atoms with E-state index in [1.807, 2.05) is 13.0 Å². The molecule has 3 N–H and O–H groups in total. The van der Waals surface area contributed by atoms with E-state index in [9.17, 15) is 4.39 Å². The van der Waals surface area contributed by atoms with Crippen molar-refractivity contribution >= 4 is 23.4 Å². The molecule has 100 valence electrons. The lowest BCUT2D eigenvalue weighted by atomic mass is 10.1. The van der Waals surface area contributed by atoms with Crippen molar-refractivity contribution in [3.8, 4) is 0 Å². The minimum absolute atomic E-state index is 0.0947. The molecule has 0 aliphatic heterocycles. The first kappa shape index (κ1) is 13.5. The Morgan fingerprint density at radius 2 is 2.05 bits per heavy atom. The van der Waals surface area contributed by atoms with Gasteiger partial charge in [-0.1, -0.05) is 23.7 Å². The molecule has 0 saturated carbocycles. The molecule has 1 atom stereocenters. The Labute approximate surface area is 115 Å². The molecule has 2 rings (SSSR count). The number of rotatable bonds is 3. The van der Waals surface area contributed by atoms with Crippen LogP contribution < -0.4 is 11.1 Å². The van der Waals surface area contributed by atoms with Crippen LogP contribution in [0.2, 0.25) is 5.15 Å². The van der Waals surface area contributed by atoms with Gasteiger partial charge in [-0.25, -0.2) is 9.37 Å². The van der Waals surface area contributed by atoms with Gasteiger partial charge in [0.15, 0.2) is 0 Å². The molecule has 1 unspecified atom stereocenters. The summed E-state index contributed by atoms with van der Waals surface area (Å²) in [5.41, 5.74) is 6.94. The summed E-state index contributed by atoms with van der Waals surface area (Å²) in [6, 6.07) is 6.55. The van der Waals surface area contributed by atoms with Gasteiger partial charge in [0.1, 0.15) is 16.8 Å². The zero-order chi connectivity index (χ0) is 14.0. The fraction of sp³-hybridized carbons (Fsp3) is 0.231. The molecule has 0 spiro atoms. The third-order valence-corrected chi connectivity index (χ3v) is 2.97. The number of benzene rings is 1. The standard InChI is InChI=1S/C13H14ClFN4/c1-7-3-4-9(5-10(7)15)8(2)17-12-6-11(14)18-13(16)19-12/h3-6,8H,1-2H3,(H3,16,17,18,19). The maximum absolute atomic E-state index is 13.5. The molecule has 0 bridgehead atoms. The number of anilines is 2. The van der Waals surface area contributed by atoms with Crippen LogP contribution in [-0.2, 0) is 0 Å². The van der Waals surface area contributed by atoms with Crippen molar-refractivity contribution in [2.75, 3.05) is 11.1 Å². The van der Waals surface area contributed by atoms with Crippen LogP contribution in [0.25, 0.3) is 0 Å². The molecule has 2 aromatic rings. The number of halogens is 2. The molecular weight excluding hydrogens is 267 g/mol. The Balaban J connectivity index is 2.20. The lowest BCUT2D eigenvalue weighted by molar-refractivity contribution is 0.614. The number of nitrogens with two attached hydrogens (primary N) is 1.